The van der Waals surface area contributed by atoms with Crippen molar-refractivity contribution in [3.8, 4) is 5.75 Å². The number of aryl methyl sites for hydroxylation is 1. The summed E-state index contributed by atoms with van der Waals surface area (Å²) in [5, 5.41) is 0.706. The molecule has 2 aromatic carbocycles. The molecule has 6 rings (SSSR count). The molecule has 3 atom stereocenters. The fourth-order valence-electron chi connectivity index (χ4n) is 6.62. The van der Waals surface area contributed by atoms with Gasteiger partial charge in [0, 0.05) is 29.4 Å². The first kappa shape index (κ1) is 28.2. The molecule has 4 aliphatic rings. The van der Waals surface area contributed by atoms with Gasteiger partial charge in [-0.2, -0.15) is 0 Å². The number of benzene rings is 2. The number of allylic oxidation sites excluding steroid dienone is 1. The van der Waals surface area contributed by atoms with Gasteiger partial charge in [0.1, 0.15) is 11.4 Å². The molecule has 0 radical (unpaired) electrons. The Morgan fingerprint density at radius 3 is 2.71 bits per heavy atom. The van der Waals surface area contributed by atoms with Crippen molar-refractivity contribution in [1.82, 2.24) is 4.72 Å². The Morgan fingerprint density at radius 1 is 1.10 bits per heavy atom. The normalized spacial score (nSPS) is 29.7. The van der Waals surface area contributed by atoms with Crippen LogP contribution < -0.4 is 14.4 Å². The quantitative estimate of drug-likeness (QED) is 0.474. The van der Waals surface area contributed by atoms with Crippen LogP contribution in [0, 0.1) is 11.8 Å². The molecule has 8 nitrogen and oxygen atoms in total. The van der Waals surface area contributed by atoms with E-state index in [-0.39, 0.29) is 34.5 Å². The number of hydrogen-bond donors (Lipinski definition) is 1. The predicted molar refractivity (Wildman–Crippen MR) is 156 cm³/mol. The molecular weight excluding hydrogens is 564 g/mol. The molecule has 0 unspecified atom stereocenters. The lowest BCUT2D eigenvalue weighted by molar-refractivity contribution is -0.139. The van der Waals surface area contributed by atoms with Crippen molar-refractivity contribution in [1.29, 1.82) is 0 Å². The number of hydrogen-bond acceptors (Lipinski definition) is 7. The number of carbonyl (C=O) groups excluding carboxylic acids is 2. The van der Waals surface area contributed by atoms with E-state index in [4.69, 9.17) is 21.1 Å². The van der Waals surface area contributed by atoms with Crippen LogP contribution in [0.25, 0.3) is 0 Å². The molecule has 1 saturated carbocycles. The summed E-state index contributed by atoms with van der Waals surface area (Å²) in [6, 6.07) is 10.8. The number of halogens is 1. The van der Waals surface area contributed by atoms with Crippen molar-refractivity contribution in [2.24, 2.45) is 11.8 Å². The van der Waals surface area contributed by atoms with E-state index in [2.05, 4.69) is 15.7 Å². The highest BCUT2D eigenvalue weighted by Gasteiger charge is 2.44. The third-order valence-electron chi connectivity index (χ3n) is 9.15. The van der Waals surface area contributed by atoms with Gasteiger partial charge in [-0.05, 0) is 99.4 Å². The van der Waals surface area contributed by atoms with Crippen molar-refractivity contribution >= 4 is 39.0 Å². The number of carbonyl (C=O) groups is 2. The molecule has 1 fully saturated rings. The first-order valence-electron chi connectivity index (χ1n) is 14.2. The minimum atomic E-state index is -4.20. The number of ether oxygens (including phenoxy) is 2. The second kappa shape index (κ2) is 10.4. The average Bonchev–Trinajstić information content (AvgIpc) is 3.05. The summed E-state index contributed by atoms with van der Waals surface area (Å²) < 4.78 is 41.1. The highest BCUT2D eigenvalue weighted by Crippen LogP contribution is 2.46. The smallest absolute Gasteiger partial charge is 0.265 e. The van der Waals surface area contributed by atoms with Crippen LogP contribution in [0.2, 0.25) is 5.02 Å². The van der Waals surface area contributed by atoms with Crippen molar-refractivity contribution in [2.75, 3.05) is 31.2 Å². The van der Waals surface area contributed by atoms with Gasteiger partial charge in [-0.3, -0.25) is 9.59 Å². The minimum absolute atomic E-state index is 0.0118. The Morgan fingerprint density at radius 2 is 1.93 bits per heavy atom. The maximum Gasteiger partial charge on any atom is 0.265 e. The number of fused-ring (bicyclic) bond motifs is 4. The molecule has 41 heavy (non-hydrogen) atoms. The van der Waals surface area contributed by atoms with Crippen LogP contribution in [0.1, 0.15) is 50.7 Å². The maximum absolute atomic E-state index is 13.4. The van der Waals surface area contributed by atoms with Crippen molar-refractivity contribution in [3.63, 3.8) is 0 Å². The first-order valence-corrected chi connectivity index (χ1v) is 16.1. The molecule has 1 amide bonds. The molecule has 1 N–H and O–H groups in total. The van der Waals surface area contributed by atoms with Crippen LogP contribution in [-0.4, -0.2) is 52.0 Å². The van der Waals surface area contributed by atoms with E-state index < -0.39 is 21.5 Å². The topological polar surface area (TPSA) is 102 Å². The SMILES string of the molecule is CC1(C)OC/C=C/C(=O)[C@@H]2CC[C@H]2CN2C[C@@]3(CCCc4cc(Cl)ccc43)COc3ccc(cc32)S(=O)(=O)NC1=O. The molecular formula is C31H35ClN2O6S. The van der Waals surface area contributed by atoms with Crippen LogP contribution in [-0.2, 0) is 36.2 Å². The Bertz CT molecular complexity index is 1540. The van der Waals surface area contributed by atoms with Gasteiger partial charge in [0.25, 0.3) is 15.9 Å². The molecule has 0 saturated heterocycles. The standard InChI is InChI=1S/C31H35ClN2O6S/c1-30(2)29(36)33-41(37,38)23-9-12-28-26(16-23)34(17-21-7-10-24(21)27(35)6-4-14-40-30)18-31(19-39-28)13-3-5-20-15-22(32)8-11-25(20)31/h4,6,8-9,11-12,15-16,21,24H,3,5,7,10,13-14,17-19H2,1-2H3,(H,33,36)/b6-4+/t21-,24+,31-/m0/s1. The third-order valence-corrected chi connectivity index (χ3v) is 10.7. The van der Waals surface area contributed by atoms with E-state index in [0.29, 0.717) is 36.2 Å². The summed E-state index contributed by atoms with van der Waals surface area (Å²) in [7, 11) is -4.20. The van der Waals surface area contributed by atoms with Crippen LogP contribution in [0.15, 0.2) is 53.4 Å². The fourth-order valence-corrected chi connectivity index (χ4v) is 7.94. The predicted octanol–water partition coefficient (Wildman–Crippen LogP) is 4.58. The van der Waals surface area contributed by atoms with E-state index in [1.54, 1.807) is 18.2 Å². The summed E-state index contributed by atoms with van der Waals surface area (Å²) in [6.45, 7) is 4.65. The van der Waals surface area contributed by atoms with Crippen molar-refractivity contribution in [2.45, 2.75) is 61.9 Å². The molecule has 2 aromatic rings. The largest absolute Gasteiger partial charge is 0.490 e. The second-order valence-electron chi connectivity index (χ2n) is 12.2. The van der Waals surface area contributed by atoms with Gasteiger partial charge in [-0.1, -0.05) is 23.7 Å². The molecule has 2 bridgehead atoms. The molecule has 2 aliphatic heterocycles. The number of nitrogens with one attached hydrogen (secondary N) is 1. The molecule has 2 aliphatic carbocycles. The Labute approximate surface area is 246 Å². The Kier molecular flexibility index (Phi) is 7.19. The Hall–Kier alpha value is -2.88. The summed E-state index contributed by atoms with van der Waals surface area (Å²) in [5.41, 5.74) is 1.32. The lowest BCUT2D eigenvalue weighted by Crippen LogP contribution is -2.49. The zero-order valence-electron chi connectivity index (χ0n) is 23.3. The Balaban J connectivity index is 1.45. The van der Waals surface area contributed by atoms with Crippen LogP contribution in [0.4, 0.5) is 5.69 Å². The lowest BCUT2D eigenvalue weighted by atomic mass is 9.68. The third kappa shape index (κ3) is 5.28. The molecule has 1 spiro atoms. The van der Waals surface area contributed by atoms with Gasteiger partial charge < -0.3 is 14.4 Å². The average molecular weight is 599 g/mol. The maximum atomic E-state index is 13.4. The van der Waals surface area contributed by atoms with E-state index >= 15 is 0 Å². The zero-order chi connectivity index (χ0) is 29.0. The van der Waals surface area contributed by atoms with Gasteiger partial charge in [-0.25, -0.2) is 13.1 Å². The fraction of sp³-hybridized carbons (Fsp3) is 0.484. The second-order valence-corrected chi connectivity index (χ2v) is 14.4. The van der Waals surface area contributed by atoms with Crippen LogP contribution in [0.3, 0.4) is 0 Å². The number of nitrogens with zero attached hydrogens (tertiary/aromatic N) is 1. The molecule has 0 aromatic heterocycles. The minimum Gasteiger partial charge on any atom is -0.490 e. The molecule has 2 heterocycles. The van der Waals surface area contributed by atoms with Crippen molar-refractivity contribution < 1.29 is 27.5 Å². The van der Waals surface area contributed by atoms with Gasteiger partial charge >= 0.3 is 0 Å². The van der Waals surface area contributed by atoms with E-state index in [1.807, 2.05) is 12.1 Å². The van der Waals surface area contributed by atoms with Gasteiger partial charge in [-0.15, -0.1) is 0 Å². The van der Waals surface area contributed by atoms with Crippen LogP contribution >= 0.6 is 11.6 Å². The number of sulfonamides is 1. The monoisotopic (exact) mass is 598 g/mol. The summed E-state index contributed by atoms with van der Waals surface area (Å²) in [6.07, 6.45) is 7.70. The van der Waals surface area contributed by atoms with E-state index in [0.717, 1.165) is 32.1 Å². The summed E-state index contributed by atoms with van der Waals surface area (Å²) >= 11 is 6.36. The molecule has 10 heteroatoms. The van der Waals surface area contributed by atoms with Crippen molar-refractivity contribution in [3.05, 3.63) is 64.7 Å². The van der Waals surface area contributed by atoms with Gasteiger partial charge in [0.15, 0.2) is 5.78 Å². The number of ketones is 1. The summed E-state index contributed by atoms with van der Waals surface area (Å²) in [5.74, 6) is -0.158. The lowest BCUT2D eigenvalue weighted by Gasteiger charge is -2.44. The highest BCUT2D eigenvalue weighted by molar-refractivity contribution is 7.90. The number of anilines is 1. The number of amides is 1. The highest BCUT2D eigenvalue weighted by atomic mass is 35.5. The number of rotatable bonds is 0. The van der Waals surface area contributed by atoms with Gasteiger partial charge in [0.2, 0.25) is 0 Å². The zero-order valence-corrected chi connectivity index (χ0v) is 24.9. The van der Waals surface area contributed by atoms with Gasteiger partial charge in [0.05, 0.1) is 23.8 Å². The van der Waals surface area contributed by atoms with E-state index in [1.165, 1.54) is 37.1 Å². The van der Waals surface area contributed by atoms with Crippen LogP contribution in [0.5, 0.6) is 5.75 Å². The molecule has 218 valence electrons. The first-order chi connectivity index (χ1) is 19.5. The summed E-state index contributed by atoms with van der Waals surface area (Å²) in [4.78, 5) is 28.3. The van der Waals surface area contributed by atoms with E-state index in [9.17, 15) is 18.0 Å².